The van der Waals surface area contributed by atoms with E-state index in [0.29, 0.717) is 31.1 Å². The van der Waals surface area contributed by atoms with Crippen molar-refractivity contribution in [2.24, 2.45) is 7.05 Å². The van der Waals surface area contributed by atoms with Gasteiger partial charge >= 0.3 is 12.0 Å². The van der Waals surface area contributed by atoms with Gasteiger partial charge in [-0.2, -0.15) is 5.10 Å². The van der Waals surface area contributed by atoms with E-state index in [-0.39, 0.29) is 0 Å². The third kappa shape index (κ3) is 2.61. The van der Waals surface area contributed by atoms with Gasteiger partial charge in [0.05, 0.1) is 7.11 Å². The summed E-state index contributed by atoms with van der Waals surface area (Å²) in [6.07, 6.45) is 1.17. The Morgan fingerprint density at radius 2 is 2.32 bits per heavy atom. The second kappa shape index (κ2) is 5.17. The highest BCUT2D eigenvalue weighted by molar-refractivity contribution is 5.92. The van der Waals surface area contributed by atoms with Gasteiger partial charge < -0.3 is 14.7 Å². The number of rotatable bonds is 3. The number of ether oxygens (including phenoxy) is 1. The predicted octanol–water partition coefficient (Wildman–Crippen LogP) is 0.510. The lowest BCUT2D eigenvalue weighted by Gasteiger charge is -2.20. The standard InChI is InChI=1S/C11H16N4O4/c1-14-9(19-2)6-8(13-14)12-11(18)15-5-3-4-7(15)10(16)17/h6-7H,3-5H2,1-2H3,(H,16,17)(H,12,13,18)/t7-/m0/s1. The van der Waals surface area contributed by atoms with E-state index < -0.39 is 18.0 Å². The largest absolute Gasteiger partial charge is 0.481 e. The van der Waals surface area contributed by atoms with E-state index in [9.17, 15) is 9.59 Å². The number of urea groups is 1. The lowest BCUT2D eigenvalue weighted by atomic mass is 10.2. The van der Waals surface area contributed by atoms with E-state index in [4.69, 9.17) is 9.84 Å². The number of aliphatic carboxylic acids is 1. The van der Waals surface area contributed by atoms with Gasteiger partial charge in [-0.3, -0.25) is 5.32 Å². The van der Waals surface area contributed by atoms with Crippen LogP contribution >= 0.6 is 0 Å². The average Bonchev–Trinajstić information content (AvgIpc) is 2.95. The third-order valence-corrected chi connectivity index (χ3v) is 3.08. The van der Waals surface area contributed by atoms with E-state index in [1.807, 2.05) is 0 Å². The molecule has 1 aromatic rings. The number of likely N-dealkylation sites (tertiary alicyclic amines) is 1. The van der Waals surface area contributed by atoms with Crippen molar-refractivity contribution in [1.82, 2.24) is 14.7 Å². The highest BCUT2D eigenvalue weighted by atomic mass is 16.5. The SMILES string of the molecule is COc1cc(NC(=O)N2CCC[C@H]2C(=O)O)nn1C. The zero-order valence-corrected chi connectivity index (χ0v) is 10.8. The molecule has 0 spiro atoms. The van der Waals surface area contributed by atoms with Crippen LogP contribution in [-0.2, 0) is 11.8 Å². The summed E-state index contributed by atoms with van der Waals surface area (Å²) in [7, 11) is 3.19. The molecular formula is C11H16N4O4. The zero-order valence-electron chi connectivity index (χ0n) is 10.8. The Morgan fingerprint density at radius 1 is 1.58 bits per heavy atom. The molecule has 0 aliphatic carbocycles. The van der Waals surface area contributed by atoms with Gasteiger partial charge in [0, 0.05) is 19.7 Å². The summed E-state index contributed by atoms with van der Waals surface area (Å²) in [5, 5.41) is 15.6. The monoisotopic (exact) mass is 268 g/mol. The normalized spacial score (nSPS) is 18.4. The smallest absolute Gasteiger partial charge is 0.326 e. The van der Waals surface area contributed by atoms with E-state index in [0.717, 1.165) is 0 Å². The first-order valence-electron chi connectivity index (χ1n) is 5.91. The molecule has 2 amide bonds. The zero-order chi connectivity index (χ0) is 14.0. The number of hydrogen-bond donors (Lipinski definition) is 2. The van der Waals surface area contributed by atoms with Crippen LogP contribution in [0.2, 0.25) is 0 Å². The molecule has 0 saturated carbocycles. The number of anilines is 1. The predicted molar refractivity (Wildman–Crippen MR) is 66.1 cm³/mol. The molecule has 1 atom stereocenters. The van der Waals surface area contributed by atoms with Crippen molar-refractivity contribution in [3.63, 3.8) is 0 Å². The van der Waals surface area contributed by atoms with Gasteiger partial charge in [0.2, 0.25) is 5.88 Å². The molecule has 1 aromatic heterocycles. The first kappa shape index (κ1) is 13.2. The molecule has 1 saturated heterocycles. The van der Waals surface area contributed by atoms with Crippen LogP contribution in [0, 0.1) is 0 Å². The molecule has 1 fully saturated rings. The number of nitrogens with zero attached hydrogens (tertiary/aromatic N) is 3. The van der Waals surface area contributed by atoms with Gasteiger partial charge in [0.25, 0.3) is 0 Å². The Hall–Kier alpha value is -2.25. The summed E-state index contributed by atoms with van der Waals surface area (Å²) in [5.74, 6) is -0.141. The van der Waals surface area contributed by atoms with Crippen molar-refractivity contribution in [3.05, 3.63) is 6.07 Å². The maximum atomic E-state index is 12.0. The number of carbonyl (C=O) groups is 2. The van der Waals surface area contributed by atoms with Crippen LogP contribution in [0.5, 0.6) is 5.88 Å². The fraction of sp³-hybridized carbons (Fsp3) is 0.545. The van der Waals surface area contributed by atoms with Gasteiger partial charge in [-0.15, -0.1) is 0 Å². The van der Waals surface area contributed by atoms with Crippen LogP contribution in [0.3, 0.4) is 0 Å². The van der Waals surface area contributed by atoms with Crippen LogP contribution in [0.1, 0.15) is 12.8 Å². The lowest BCUT2D eigenvalue weighted by Crippen LogP contribution is -2.42. The minimum absolute atomic E-state index is 0.334. The molecule has 0 bridgehead atoms. The van der Waals surface area contributed by atoms with Crippen molar-refractivity contribution in [2.45, 2.75) is 18.9 Å². The highest BCUT2D eigenvalue weighted by Gasteiger charge is 2.34. The molecule has 8 heteroatoms. The van der Waals surface area contributed by atoms with Crippen molar-refractivity contribution < 1.29 is 19.4 Å². The summed E-state index contributed by atoms with van der Waals surface area (Å²) in [6.45, 7) is 0.437. The molecule has 2 N–H and O–H groups in total. The number of carbonyl (C=O) groups excluding carboxylic acids is 1. The Bertz CT molecular complexity index is 499. The lowest BCUT2D eigenvalue weighted by molar-refractivity contribution is -0.141. The van der Waals surface area contributed by atoms with Crippen LogP contribution in [0.15, 0.2) is 6.07 Å². The number of nitrogens with one attached hydrogen (secondary N) is 1. The topological polar surface area (TPSA) is 96.7 Å². The Kier molecular flexibility index (Phi) is 3.59. The van der Waals surface area contributed by atoms with Crippen LogP contribution in [0.25, 0.3) is 0 Å². The molecule has 0 aromatic carbocycles. The third-order valence-electron chi connectivity index (χ3n) is 3.08. The summed E-state index contributed by atoms with van der Waals surface area (Å²) in [5.41, 5.74) is 0. The Labute approximate surface area is 109 Å². The van der Waals surface area contributed by atoms with Gasteiger partial charge in [0.1, 0.15) is 6.04 Å². The van der Waals surface area contributed by atoms with Crippen LogP contribution < -0.4 is 10.1 Å². The number of hydrogen-bond acceptors (Lipinski definition) is 4. The molecule has 1 aliphatic heterocycles. The number of aryl methyl sites for hydroxylation is 1. The molecule has 19 heavy (non-hydrogen) atoms. The van der Waals surface area contributed by atoms with E-state index in [1.54, 1.807) is 13.1 Å². The molecule has 2 heterocycles. The average molecular weight is 268 g/mol. The van der Waals surface area contributed by atoms with Gasteiger partial charge in [-0.1, -0.05) is 0 Å². The summed E-state index contributed by atoms with van der Waals surface area (Å²) >= 11 is 0. The molecule has 2 rings (SSSR count). The van der Waals surface area contributed by atoms with Gasteiger partial charge in [-0.25, -0.2) is 14.3 Å². The second-order valence-corrected chi connectivity index (χ2v) is 4.32. The summed E-state index contributed by atoms with van der Waals surface area (Å²) in [6, 6.07) is 0.361. The number of carboxylic acids is 1. The molecule has 8 nitrogen and oxygen atoms in total. The molecule has 104 valence electrons. The Morgan fingerprint density at radius 3 is 2.89 bits per heavy atom. The van der Waals surface area contributed by atoms with Crippen molar-refractivity contribution >= 4 is 17.8 Å². The minimum atomic E-state index is -0.980. The molecule has 1 aliphatic rings. The fourth-order valence-corrected chi connectivity index (χ4v) is 2.15. The fourth-order valence-electron chi connectivity index (χ4n) is 2.15. The first-order valence-corrected chi connectivity index (χ1v) is 5.91. The first-order chi connectivity index (χ1) is 9.02. The summed E-state index contributed by atoms with van der Waals surface area (Å²) < 4.78 is 6.51. The van der Waals surface area contributed by atoms with E-state index >= 15 is 0 Å². The number of carboxylic acid groups (broad SMARTS) is 1. The van der Waals surface area contributed by atoms with E-state index in [2.05, 4.69) is 10.4 Å². The highest BCUT2D eigenvalue weighted by Crippen LogP contribution is 2.20. The van der Waals surface area contributed by atoms with Crippen LogP contribution in [0.4, 0.5) is 10.6 Å². The maximum Gasteiger partial charge on any atom is 0.326 e. The van der Waals surface area contributed by atoms with E-state index in [1.165, 1.54) is 16.7 Å². The van der Waals surface area contributed by atoms with Crippen molar-refractivity contribution in [3.8, 4) is 5.88 Å². The van der Waals surface area contributed by atoms with Crippen LogP contribution in [-0.4, -0.2) is 51.5 Å². The van der Waals surface area contributed by atoms with Crippen molar-refractivity contribution in [1.29, 1.82) is 0 Å². The number of amides is 2. The quantitative estimate of drug-likeness (QED) is 0.832. The minimum Gasteiger partial charge on any atom is -0.481 e. The van der Waals surface area contributed by atoms with Crippen molar-refractivity contribution in [2.75, 3.05) is 19.0 Å². The Balaban J connectivity index is 2.06. The second-order valence-electron chi connectivity index (χ2n) is 4.32. The van der Waals surface area contributed by atoms with Gasteiger partial charge in [0.15, 0.2) is 5.82 Å². The molecule has 0 unspecified atom stereocenters. The molecule has 0 radical (unpaired) electrons. The number of methoxy groups -OCH3 is 1. The summed E-state index contributed by atoms with van der Waals surface area (Å²) in [4.78, 5) is 24.3. The number of aromatic nitrogens is 2. The molecular weight excluding hydrogens is 252 g/mol. The maximum absolute atomic E-state index is 12.0. The van der Waals surface area contributed by atoms with Gasteiger partial charge in [-0.05, 0) is 12.8 Å².